The molecule has 6 heteroatoms. The van der Waals surface area contributed by atoms with Crippen LogP contribution in [0.2, 0.25) is 0 Å². The Morgan fingerprint density at radius 3 is 2.55 bits per heavy atom. The maximum Gasteiger partial charge on any atom is 0.170 e. The quantitative estimate of drug-likeness (QED) is 0.648. The van der Waals surface area contributed by atoms with Gasteiger partial charge in [0.25, 0.3) is 0 Å². The molecule has 0 radical (unpaired) electrons. The van der Waals surface area contributed by atoms with Gasteiger partial charge in [-0.3, -0.25) is 0 Å². The van der Waals surface area contributed by atoms with E-state index in [9.17, 15) is 0 Å². The topological polar surface area (TPSA) is 38.7 Å². The third-order valence-electron chi connectivity index (χ3n) is 5.31. The van der Waals surface area contributed by atoms with Gasteiger partial charge in [-0.1, -0.05) is 36.4 Å². The van der Waals surface area contributed by atoms with Crippen LogP contribution in [0, 0.1) is 0 Å². The maximum absolute atomic E-state index is 5.81. The Bertz CT molecular complexity index is 987. The molecule has 0 saturated heterocycles. The van der Waals surface area contributed by atoms with Crippen molar-refractivity contribution in [2.24, 2.45) is 0 Å². The number of hydrogen-bond donors (Lipinski definition) is 1. The first-order valence-electron chi connectivity index (χ1n) is 9.66. The smallest absolute Gasteiger partial charge is 0.170 e. The van der Waals surface area contributed by atoms with E-state index in [4.69, 9.17) is 21.7 Å². The zero-order valence-corrected chi connectivity index (χ0v) is 17.5. The van der Waals surface area contributed by atoms with E-state index in [0.717, 1.165) is 35.3 Å². The molecule has 29 heavy (non-hydrogen) atoms. The van der Waals surface area contributed by atoms with E-state index < -0.39 is 0 Å². The molecular formula is C23H25N3O2S. The summed E-state index contributed by atoms with van der Waals surface area (Å²) in [5.74, 6) is 1.44. The Hall–Kier alpha value is -2.99. The molecule has 0 unspecified atom stereocenters. The van der Waals surface area contributed by atoms with Gasteiger partial charge in [0.1, 0.15) is 0 Å². The lowest BCUT2D eigenvalue weighted by Gasteiger charge is -2.39. The Kier molecular flexibility index (Phi) is 5.71. The second kappa shape index (κ2) is 8.57. The third kappa shape index (κ3) is 3.93. The second-order valence-electron chi connectivity index (χ2n) is 6.98. The average molecular weight is 408 g/mol. The number of methoxy groups -OCH3 is 2. The molecule has 3 aromatic rings. The highest BCUT2D eigenvalue weighted by Crippen LogP contribution is 2.37. The van der Waals surface area contributed by atoms with Crippen molar-refractivity contribution in [2.45, 2.75) is 19.1 Å². The molecule has 1 N–H and O–H groups in total. The van der Waals surface area contributed by atoms with Gasteiger partial charge in [0.2, 0.25) is 0 Å². The molecule has 0 spiro atoms. The van der Waals surface area contributed by atoms with E-state index in [2.05, 4.69) is 51.3 Å². The van der Waals surface area contributed by atoms with Crippen LogP contribution >= 0.6 is 12.2 Å². The summed E-state index contributed by atoms with van der Waals surface area (Å²) in [7, 11) is 3.31. The summed E-state index contributed by atoms with van der Waals surface area (Å²) in [6, 6.07) is 20.6. The highest BCUT2D eigenvalue weighted by atomic mass is 32.1. The van der Waals surface area contributed by atoms with E-state index in [1.807, 2.05) is 30.3 Å². The number of rotatable bonds is 5. The Morgan fingerprint density at radius 1 is 1.00 bits per heavy atom. The monoisotopic (exact) mass is 407 g/mol. The van der Waals surface area contributed by atoms with Crippen molar-refractivity contribution in [2.75, 3.05) is 20.8 Å². The lowest BCUT2D eigenvalue weighted by atomic mass is 9.99. The Labute approximate surface area is 176 Å². The number of hydrogen-bond acceptors (Lipinski definition) is 3. The molecule has 0 aliphatic carbocycles. The van der Waals surface area contributed by atoms with Gasteiger partial charge < -0.3 is 24.3 Å². The molecule has 1 atom stereocenters. The van der Waals surface area contributed by atoms with Gasteiger partial charge in [-0.05, 0) is 47.6 Å². The van der Waals surface area contributed by atoms with Gasteiger partial charge >= 0.3 is 0 Å². The molecule has 0 amide bonds. The molecule has 1 aliphatic heterocycles. The molecule has 0 bridgehead atoms. The van der Waals surface area contributed by atoms with Crippen molar-refractivity contribution in [3.8, 4) is 11.5 Å². The van der Waals surface area contributed by atoms with Crippen molar-refractivity contribution in [1.82, 2.24) is 14.8 Å². The third-order valence-corrected chi connectivity index (χ3v) is 5.69. The fourth-order valence-electron chi connectivity index (χ4n) is 3.85. The first-order chi connectivity index (χ1) is 14.2. The van der Waals surface area contributed by atoms with Gasteiger partial charge in [0, 0.05) is 31.5 Å². The second-order valence-corrected chi connectivity index (χ2v) is 7.37. The van der Waals surface area contributed by atoms with E-state index >= 15 is 0 Å². The van der Waals surface area contributed by atoms with Crippen LogP contribution in [0.4, 0.5) is 0 Å². The number of benzene rings is 2. The highest BCUT2D eigenvalue weighted by Gasteiger charge is 2.31. The first kappa shape index (κ1) is 19.3. The van der Waals surface area contributed by atoms with Crippen LogP contribution in [0.15, 0.2) is 66.9 Å². The molecular weight excluding hydrogens is 382 g/mol. The van der Waals surface area contributed by atoms with Gasteiger partial charge in [-0.15, -0.1) is 0 Å². The largest absolute Gasteiger partial charge is 0.493 e. The van der Waals surface area contributed by atoms with Crippen LogP contribution in [-0.2, 0) is 13.1 Å². The van der Waals surface area contributed by atoms with Crippen molar-refractivity contribution in [3.05, 3.63) is 83.7 Å². The van der Waals surface area contributed by atoms with Crippen molar-refractivity contribution < 1.29 is 9.47 Å². The SMILES string of the molecule is COc1ccc([C@@H]2c3cccn3CCN2C(=S)NCc2ccccc2)cc1OC. The fourth-order valence-corrected chi connectivity index (χ4v) is 4.12. The number of nitrogens with zero attached hydrogens (tertiary/aromatic N) is 2. The highest BCUT2D eigenvalue weighted by molar-refractivity contribution is 7.80. The number of fused-ring (bicyclic) bond motifs is 1. The van der Waals surface area contributed by atoms with Gasteiger partial charge in [0.05, 0.1) is 20.3 Å². The van der Waals surface area contributed by atoms with Crippen LogP contribution in [0.25, 0.3) is 0 Å². The van der Waals surface area contributed by atoms with Crippen LogP contribution in [0.1, 0.15) is 22.9 Å². The minimum atomic E-state index is 0.00864. The lowest BCUT2D eigenvalue weighted by Crippen LogP contribution is -2.46. The van der Waals surface area contributed by atoms with Crippen molar-refractivity contribution in [1.29, 1.82) is 0 Å². The zero-order valence-electron chi connectivity index (χ0n) is 16.7. The molecule has 1 aliphatic rings. The molecule has 4 rings (SSSR count). The van der Waals surface area contributed by atoms with E-state index in [-0.39, 0.29) is 6.04 Å². The number of ether oxygens (including phenoxy) is 2. The number of nitrogens with one attached hydrogen (secondary N) is 1. The van der Waals surface area contributed by atoms with E-state index in [1.54, 1.807) is 14.2 Å². The standard InChI is InChI=1S/C23H25N3O2S/c1-27-20-11-10-18(15-21(20)28-2)22-19-9-6-12-25(19)13-14-26(22)23(29)24-16-17-7-4-3-5-8-17/h3-12,15,22H,13-14,16H2,1-2H3,(H,24,29)/t22-/m1/s1. The Balaban J connectivity index is 1.63. The van der Waals surface area contributed by atoms with Crippen LogP contribution in [0.5, 0.6) is 11.5 Å². The van der Waals surface area contributed by atoms with Gasteiger partial charge in [-0.25, -0.2) is 0 Å². The summed E-state index contributed by atoms with van der Waals surface area (Å²) < 4.78 is 13.2. The predicted molar refractivity (Wildman–Crippen MR) is 118 cm³/mol. The average Bonchev–Trinajstić information content (AvgIpc) is 3.26. The zero-order chi connectivity index (χ0) is 20.2. The fraction of sp³-hybridized carbons (Fsp3) is 0.261. The minimum absolute atomic E-state index is 0.00864. The van der Waals surface area contributed by atoms with Gasteiger partial charge in [0.15, 0.2) is 16.6 Å². The van der Waals surface area contributed by atoms with E-state index in [0.29, 0.717) is 6.54 Å². The van der Waals surface area contributed by atoms with Crippen molar-refractivity contribution >= 4 is 17.3 Å². The summed E-state index contributed by atoms with van der Waals surface area (Å²) in [4.78, 5) is 2.26. The van der Waals surface area contributed by atoms with Crippen LogP contribution < -0.4 is 14.8 Å². The summed E-state index contributed by atoms with van der Waals surface area (Å²) in [6.07, 6.45) is 2.13. The summed E-state index contributed by atoms with van der Waals surface area (Å²) in [5, 5.41) is 4.19. The molecule has 150 valence electrons. The maximum atomic E-state index is 5.81. The lowest BCUT2D eigenvalue weighted by molar-refractivity contribution is 0.284. The molecule has 1 aromatic heterocycles. The normalized spacial score (nSPS) is 15.5. The van der Waals surface area contributed by atoms with Crippen LogP contribution in [-0.4, -0.2) is 35.3 Å². The molecule has 0 fully saturated rings. The summed E-state index contributed by atoms with van der Waals surface area (Å²) in [6.45, 7) is 2.44. The molecule has 0 saturated carbocycles. The number of thiocarbonyl (C=S) groups is 1. The van der Waals surface area contributed by atoms with Gasteiger partial charge in [-0.2, -0.15) is 0 Å². The predicted octanol–water partition coefficient (Wildman–Crippen LogP) is 3.99. The summed E-state index contributed by atoms with van der Waals surface area (Å²) >= 11 is 5.81. The minimum Gasteiger partial charge on any atom is -0.493 e. The first-order valence-corrected chi connectivity index (χ1v) is 10.1. The van der Waals surface area contributed by atoms with Crippen LogP contribution in [0.3, 0.4) is 0 Å². The molecule has 2 aromatic carbocycles. The number of aromatic nitrogens is 1. The molecule has 2 heterocycles. The molecule has 5 nitrogen and oxygen atoms in total. The Morgan fingerprint density at radius 2 is 1.79 bits per heavy atom. The van der Waals surface area contributed by atoms with E-state index in [1.165, 1.54) is 11.3 Å². The summed E-state index contributed by atoms with van der Waals surface area (Å²) in [5.41, 5.74) is 3.54. The van der Waals surface area contributed by atoms with Crippen molar-refractivity contribution in [3.63, 3.8) is 0 Å².